The number of nitrogens with one attached hydrogen (secondary N) is 1. The molecule has 4 rings (SSSR count). The summed E-state index contributed by atoms with van der Waals surface area (Å²) in [4.78, 5) is 13.3. The van der Waals surface area contributed by atoms with Crippen molar-refractivity contribution in [3.63, 3.8) is 0 Å². The van der Waals surface area contributed by atoms with Gasteiger partial charge < -0.3 is 9.88 Å². The maximum atomic E-state index is 11.6. The molecule has 0 atom stereocenters. The molecule has 3 aromatic rings. The maximum Gasteiger partial charge on any atom is 0.211 e. The predicted molar refractivity (Wildman–Crippen MR) is 109 cm³/mol. The molecule has 1 N–H and O–H groups in total. The van der Waals surface area contributed by atoms with Gasteiger partial charge in [-0.05, 0) is 23.6 Å². The minimum absolute atomic E-state index is 0.177. The van der Waals surface area contributed by atoms with E-state index in [2.05, 4.69) is 33.3 Å². The molecule has 1 aliphatic rings. The number of pyridine rings is 2. The summed E-state index contributed by atoms with van der Waals surface area (Å²) in [6, 6.07) is 4.10. The van der Waals surface area contributed by atoms with Crippen molar-refractivity contribution >= 4 is 26.9 Å². The summed E-state index contributed by atoms with van der Waals surface area (Å²) in [6.07, 6.45) is 7.58. The van der Waals surface area contributed by atoms with Crippen LogP contribution >= 0.6 is 0 Å². The van der Waals surface area contributed by atoms with Crippen LogP contribution in [0.25, 0.3) is 11.0 Å². The zero-order valence-electron chi connectivity index (χ0n) is 16.3. The van der Waals surface area contributed by atoms with Gasteiger partial charge in [-0.15, -0.1) is 0 Å². The summed E-state index contributed by atoms with van der Waals surface area (Å²) >= 11 is 0. The van der Waals surface area contributed by atoms with Crippen LogP contribution in [0.2, 0.25) is 0 Å². The van der Waals surface area contributed by atoms with Gasteiger partial charge in [0.2, 0.25) is 10.0 Å². The number of anilines is 1. The number of hydrogen-bond donors (Lipinski definition) is 1. The normalized spacial score (nSPS) is 15.7. The Kier molecular flexibility index (Phi) is 4.80. The summed E-state index contributed by atoms with van der Waals surface area (Å²) in [7, 11) is -1.14. The molecule has 8 nitrogen and oxygen atoms in total. The Bertz CT molecular complexity index is 1120. The quantitative estimate of drug-likeness (QED) is 0.679. The summed E-state index contributed by atoms with van der Waals surface area (Å²) < 4.78 is 26.6. The monoisotopic (exact) mass is 400 g/mol. The summed E-state index contributed by atoms with van der Waals surface area (Å²) in [5.41, 5.74) is 5.21. The van der Waals surface area contributed by atoms with Crippen molar-refractivity contribution in [1.29, 1.82) is 0 Å². The van der Waals surface area contributed by atoms with E-state index in [1.165, 1.54) is 16.1 Å². The smallest absolute Gasteiger partial charge is 0.211 e. The van der Waals surface area contributed by atoms with Gasteiger partial charge in [0.15, 0.2) is 0 Å². The first-order valence-electron chi connectivity index (χ1n) is 9.29. The molecule has 0 unspecified atom stereocenters. The van der Waals surface area contributed by atoms with Gasteiger partial charge in [0.05, 0.1) is 24.3 Å². The minimum Gasteiger partial charge on any atom is -0.366 e. The first-order valence-corrected chi connectivity index (χ1v) is 11.1. The second-order valence-corrected chi connectivity index (χ2v) is 9.26. The predicted octanol–water partition coefficient (Wildman–Crippen LogP) is 1.90. The second kappa shape index (κ2) is 7.14. The third kappa shape index (κ3) is 3.59. The van der Waals surface area contributed by atoms with E-state index < -0.39 is 10.0 Å². The van der Waals surface area contributed by atoms with Crippen molar-refractivity contribution in [3.8, 4) is 0 Å². The maximum absolute atomic E-state index is 11.6. The highest BCUT2D eigenvalue weighted by Gasteiger charge is 2.35. The van der Waals surface area contributed by atoms with Gasteiger partial charge in [0, 0.05) is 50.6 Å². The van der Waals surface area contributed by atoms with Crippen LogP contribution in [0.5, 0.6) is 0 Å². The molecule has 28 heavy (non-hydrogen) atoms. The Morgan fingerprint density at radius 2 is 1.93 bits per heavy atom. The van der Waals surface area contributed by atoms with E-state index in [1.54, 1.807) is 12.5 Å². The van der Waals surface area contributed by atoms with Crippen LogP contribution in [0.4, 0.5) is 5.82 Å². The molecule has 0 spiro atoms. The van der Waals surface area contributed by atoms with Crippen molar-refractivity contribution in [2.45, 2.75) is 25.8 Å². The summed E-state index contributed by atoms with van der Waals surface area (Å²) in [6.45, 7) is 3.78. The van der Waals surface area contributed by atoms with Crippen LogP contribution in [0.15, 0.2) is 30.9 Å². The number of aromatic nitrogens is 4. The van der Waals surface area contributed by atoms with E-state index in [4.69, 9.17) is 0 Å². The Morgan fingerprint density at radius 3 is 2.64 bits per heavy atom. The molecule has 0 aromatic carbocycles. The zero-order chi connectivity index (χ0) is 19.9. The van der Waals surface area contributed by atoms with E-state index in [0.717, 1.165) is 34.5 Å². The van der Waals surface area contributed by atoms with E-state index in [-0.39, 0.29) is 5.92 Å². The highest BCUT2D eigenvalue weighted by atomic mass is 32.2. The number of aryl methyl sites for hydroxylation is 2. The van der Waals surface area contributed by atoms with E-state index in [1.807, 2.05) is 23.9 Å². The van der Waals surface area contributed by atoms with Crippen LogP contribution in [0.1, 0.15) is 29.7 Å². The van der Waals surface area contributed by atoms with Gasteiger partial charge >= 0.3 is 0 Å². The second-order valence-electron chi connectivity index (χ2n) is 7.28. The fraction of sp³-hybridized carbons (Fsp3) is 0.421. The zero-order valence-corrected chi connectivity index (χ0v) is 17.1. The lowest BCUT2D eigenvalue weighted by Gasteiger charge is -2.37. The molecule has 1 aliphatic heterocycles. The summed E-state index contributed by atoms with van der Waals surface area (Å²) in [5.74, 6) is 0.973. The number of imidazole rings is 1. The van der Waals surface area contributed by atoms with Gasteiger partial charge in [0.25, 0.3) is 0 Å². The first kappa shape index (κ1) is 18.8. The Balaban J connectivity index is 1.46. The molecular weight excluding hydrogens is 376 g/mol. The number of nitrogens with zero attached hydrogens (tertiary/aromatic N) is 5. The standard InChI is InChI=1S/C19H24N6O2S/c1-4-13-5-16(15-10-25(11-15)28(3,26)27)20-7-14(13)8-21-19-6-18-17(9-22-19)23-12-24(18)2/h5-7,9,12,15H,4,8,10-11H2,1-3H3,(H,21,22). The van der Waals surface area contributed by atoms with Crippen molar-refractivity contribution in [2.75, 3.05) is 24.7 Å². The molecule has 148 valence electrons. The van der Waals surface area contributed by atoms with Crippen LogP contribution in [-0.2, 0) is 30.0 Å². The lowest BCUT2D eigenvalue weighted by Crippen LogP contribution is -2.48. The molecule has 1 saturated heterocycles. The largest absolute Gasteiger partial charge is 0.366 e. The molecule has 9 heteroatoms. The van der Waals surface area contributed by atoms with E-state index in [0.29, 0.717) is 19.6 Å². The molecular formula is C19H24N6O2S. The fourth-order valence-corrected chi connectivity index (χ4v) is 4.37. The van der Waals surface area contributed by atoms with Gasteiger partial charge in [0.1, 0.15) is 11.3 Å². The van der Waals surface area contributed by atoms with Crippen LogP contribution < -0.4 is 5.32 Å². The summed E-state index contributed by atoms with van der Waals surface area (Å²) in [5, 5.41) is 3.37. The number of rotatable bonds is 6. The van der Waals surface area contributed by atoms with Crippen LogP contribution in [-0.4, -0.2) is 51.6 Å². The van der Waals surface area contributed by atoms with Crippen molar-refractivity contribution in [2.24, 2.45) is 7.05 Å². The Labute approximate surface area is 164 Å². The SMILES string of the molecule is CCc1cc(C2CN(S(C)(=O)=O)C2)ncc1CNc1cc2c(cn1)ncn2C. The molecule has 0 saturated carbocycles. The number of sulfonamides is 1. The molecule has 4 heterocycles. The van der Waals surface area contributed by atoms with Crippen molar-refractivity contribution in [3.05, 3.63) is 47.7 Å². The molecule has 0 bridgehead atoms. The van der Waals surface area contributed by atoms with Crippen molar-refractivity contribution in [1.82, 2.24) is 23.8 Å². The molecule has 1 fully saturated rings. The number of fused-ring (bicyclic) bond motifs is 1. The Morgan fingerprint density at radius 1 is 1.14 bits per heavy atom. The third-order valence-corrected chi connectivity index (χ3v) is 6.53. The lowest BCUT2D eigenvalue weighted by molar-refractivity contribution is 0.262. The van der Waals surface area contributed by atoms with Gasteiger partial charge in [-0.25, -0.2) is 22.7 Å². The minimum atomic E-state index is -3.10. The van der Waals surface area contributed by atoms with Crippen LogP contribution in [0.3, 0.4) is 0 Å². The molecule has 3 aromatic heterocycles. The average molecular weight is 401 g/mol. The van der Waals surface area contributed by atoms with E-state index >= 15 is 0 Å². The van der Waals surface area contributed by atoms with Crippen LogP contribution in [0, 0.1) is 0 Å². The van der Waals surface area contributed by atoms with Crippen molar-refractivity contribution < 1.29 is 8.42 Å². The van der Waals surface area contributed by atoms with E-state index in [9.17, 15) is 8.42 Å². The van der Waals surface area contributed by atoms with Gasteiger partial charge in [-0.1, -0.05) is 6.92 Å². The first-order chi connectivity index (χ1) is 13.3. The topological polar surface area (TPSA) is 93.0 Å². The average Bonchev–Trinajstić information content (AvgIpc) is 2.98. The molecule has 0 radical (unpaired) electrons. The van der Waals surface area contributed by atoms with Gasteiger partial charge in [-0.2, -0.15) is 0 Å². The van der Waals surface area contributed by atoms with Gasteiger partial charge in [-0.3, -0.25) is 4.98 Å². The molecule has 0 aliphatic carbocycles. The highest BCUT2D eigenvalue weighted by Crippen LogP contribution is 2.29. The number of hydrogen-bond acceptors (Lipinski definition) is 6. The third-order valence-electron chi connectivity index (χ3n) is 5.29. The Hall–Kier alpha value is -2.52. The molecule has 0 amide bonds. The fourth-order valence-electron chi connectivity index (χ4n) is 3.46. The highest BCUT2D eigenvalue weighted by molar-refractivity contribution is 7.88. The lowest BCUT2D eigenvalue weighted by atomic mass is 9.95.